The fourth-order valence-electron chi connectivity index (χ4n) is 3.39. The van der Waals surface area contributed by atoms with E-state index in [0.29, 0.717) is 30.7 Å². The van der Waals surface area contributed by atoms with Crippen molar-refractivity contribution >= 4 is 5.91 Å². The molecule has 0 aromatic carbocycles. The molecule has 4 heteroatoms. The Hall–Kier alpha value is -0.610. The molecule has 0 aliphatic carbocycles. The van der Waals surface area contributed by atoms with Crippen molar-refractivity contribution in [2.75, 3.05) is 6.54 Å². The number of carbonyl (C=O) groups is 1. The fraction of sp³-hybridized carbons (Fsp3) is 0.917. The monoisotopic (exact) mass is 224 g/mol. The van der Waals surface area contributed by atoms with Crippen LogP contribution in [0.25, 0.3) is 0 Å². The van der Waals surface area contributed by atoms with E-state index in [2.05, 4.69) is 24.1 Å². The highest BCUT2D eigenvalue weighted by Crippen LogP contribution is 2.39. The molecular formula is C12H20N2O2. The molecule has 4 unspecified atom stereocenters. The normalized spacial score (nSPS) is 42.7. The van der Waals surface area contributed by atoms with Crippen molar-refractivity contribution in [1.82, 2.24) is 10.2 Å². The van der Waals surface area contributed by atoms with Gasteiger partial charge in [-0.05, 0) is 25.2 Å². The third kappa shape index (κ3) is 1.47. The van der Waals surface area contributed by atoms with Crippen molar-refractivity contribution in [3.05, 3.63) is 0 Å². The summed E-state index contributed by atoms with van der Waals surface area (Å²) in [6, 6.07) is 0.327. The fourth-order valence-corrected chi connectivity index (χ4v) is 3.39. The van der Waals surface area contributed by atoms with Crippen molar-refractivity contribution in [2.24, 2.45) is 5.92 Å². The average Bonchev–Trinajstić information content (AvgIpc) is 2.90. The van der Waals surface area contributed by atoms with E-state index in [0.717, 1.165) is 12.8 Å². The average molecular weight is 224 g/mol. The second-order valence-corrected chi connectivity index (χ2v) is 5.55. The van der Waals surface area contributed by atoms with Gasteiger partial charge in [-0.1, -0.05) is 13.8 Å². The number of carbonyl (C=O) groups excluding carboxylic acids is 1. The molecule has 3 saturated heterocycles. The summed E-state index contributed by atoms with van der Waals surface area (Å²) in [6.45, 7) is 4.82. The van der Waals surface area contributed by atoms with Gasteiger partial charge < -0.3 is 9.64 Å². The second-order valence-electron chi connectivity index (χ2n) is 5.55. The number of amides is 1. The number of ether oxygens (including phenoxy) is 1. The summed E-state index contributed by atoms with van der Waals surface area (Å²) in [6.07, 6.45) is 4.28. The highest BCUT2D eigenvalue weighted by atomic mass is 16.5. The van der Waals surface area contributed by atoms with E-state index in [9.17, 15) is 4.79 Å². The number of nitrogens with one attached hydrogen (secondary N) is 1. The molecule has 3 heterocycles. The lowest BCUT2D eigenvalue weighted by Gasteiger charge is -2.35. The van der Waals surface area contributed by atoms with Gasteiger partial charge in [0.25, 0.3) is 0 Å². The molecule has 90 valence electrons. The lowest BCUT2D eigenvalue weighted by Crippen LogP contribution is -2.50. The van der Waals surface area contributed by atoms with Crippen LogP contribution in [0, 0.1) is 5.92 Å². The predicted octanol–water partition coefficient (Wildman–Crippen LogP) is 0.720. The third-order valence-corrected chi connectivity index (χ3v) is 4.11. The number of hydrogen-bond donors (Lipinski definition) is 1. The van der Waals surface area contributed by atoms with Gasteiger partial charge in [0.2, 0.25) is 5.91 Å². The first-order valence-corrected chi connectivity index (χ1v) is 6.37. The van der Waals surface area contributed by atoms with Gasteiger partial charge in [-0.15, -0.1) is 0 Å². The van der Waals surface area contributed by atoms with Gasteiger partial charge in [-0.25, -0.2) is 0 Å². The van der Waals surface area contributed by atoms with E-state index >= 15 is 0 Å². The van der Waals surface area contributed by atoms with E-state index in [-0.39, 0.29) is 12.1 Å². The molecule has 0 radical (unpaired) electrons. The number of rotatable bonds is 2. The van der Waals surface area contributed by atoms with Gasteiger partial charge in [0.15, 0.2) is 0 Å². The predicted molar refractivity (Wildman–Crippen MR) is 59.8 cm³/mol. The third-order valence-electron chi connectivity index (χ3n) is 4.11. The van der Waals surface area contributed by atoms with Gasteiger partial charge in [-0.3, -0.25) is 10.1 Å². The van der Waals surface area contributed by atoms with Crippen LogP contribution in [0.3, 0.4) is 0 Å². The molecule has 16 heavy (non-hydrogen) atoms. The topological polar surface area (TPSA) is 41.6 Å². The molecule has 1 N–H and O–H groups in total. The molecule has 3 rings (SSSR count). The number of fused-ring (bicyclic) bond motifs is 2. The molecule has 0 aromatic rings. The Morgan fingerprint density at radius 3 is 2.81 bits per heavy atom. The van der Waals surface area contributed by atoms with Crippen LogP contribution < -0.4 is 5.32 Å². The van der Waals surface area contributed by atoms with Gasteiger partial charge in [0, 0.05) is 0 Å². The van der Waals surface area contributed by atoms with Crippen molar-refractivity contribution in [3.63, 3.8) is 0 Å². The van der Waals surface area contributed by atoms with Gasteiger partial charge in [-0.2, -0.15) is 0 Å². The Balaban J connectivity index is 1.79. The molecule has 0 aromatic heterocycles. The van der Waals surface area contributed by atoms with Gasteiger partial charge in [0.05, 0.1) is 31.0 Å². The molecule has 0 spiro atoms. The van der Waals surface area contributed by atoms with Crippen molar-refractivity contribution in [3.8, 4) is 0 Å². The molecule has 3 aliphatic rings. The Bertz CT molecular complexity index is 305. The summed E-state index contributed by atoms with van der Waals surface area (Å²) in [5.41, 5.74) is 0. The van der Waals surface area contributed by atoms with E-state index in [1.807, 2.05) is 0 Å². The first-order valence-electron chi connectivity index (χ1n) is 6.37. The Morgan fingerprint density at radius 1 is 1.44 bits per heavy atom. The number of hydrogen-bond acceptors (Lipinski definition) is 3. The molecule has 4 atom stereocenters. The molecule has 1 amide bonds. The summed E-state index contributed by atoms with van der Waals surface area (Å²) in [5, 5.41) is 3.31. The maximum Gasteiger partial charge on any atom is 0.238 e. The molecule has 0 saturated carbocycles. The molecule has 2 bridgehead atoms. The highest BCUT2D eigenvalue weighted by molar-refractivity contribution is 5.81. The standard InChI is InChI=1S/C12H20N2O2/c1-7(2)12-13-6-11(15)14(12)9-5-8-3-4-10(9)16-8/h7-10,12-13H,3-6H2,1-2H3. The van der Waals surface area contributed by atoms with Crippen LogP contribution >= 0.6 is 0 Å². The minimum Gasteiger partial charge on any atom is -0.373 e. The molecule has 3 aliphatic heterocycles. The molecule has 4 nitrogen and oxygen atoms in total. The lowest BCUT2D eigenvalue weighted by molar-refractivity contribution is -0.132. The quantitative estimate of drug-likeness (QED) is 0.751. The largest absolute Gasteiger partial charge is 0.373 e. The van der Waals surface area contributed by atoms with Crippen LogP contribution in [-0.4, -0.2) is 41.8 Å². The molecule has 3 fully saturated rings. The van der Waals surface area contributed by atoms with E-state index in [1.54, 1.807) is 0 Å². The highest BCUT2D eigenvalue weighted by Gasteiger charge is 2.48. The summed E-state index contributed by atoms with van der Waals surface area (Å²) in [5.74, 6) is 0.713. The van der Waals surface area contributed by atoms with E-state index < -0.39 is 0 Å². The van der Waals surface area contributed by atoms with E-state index in [4.69, 9.17) is 4.74 Å². The molecular weight excluding hydrogens is 204 g/mol. The smallest absolute Gasteiger partial charge is 0.238 e. The van der Waals surface area contributed by atoms with Crippen LogP contribution in [-0.2, 0) is 9.53 Å². The summed E-state index contributed by atoms with van der Waals surface area (Å²) >= 11 is 0. The van der Waals surface area contributed by atoms with Crippen LogP contribution in [0.15, 0.2) is 0 Å². The summed E-state index contributed by atoms with van der Waals surface area (Å²) in [7, 11) is 0. The summed E-state index contributed by atoms with van der Waals surface area (Å²) < 4.78 is 5.85. The zero-order chi connectivity index (χ0) is 11.3. The Morgan fingerprint density at radius 2 is 2.25 bits per heavy atom. The minimum atomic E-state index is 0.209. The van der Waals surface area contributed by atoms with Gasteiger partial charge >= 0.3 is 0 Å². The van der Waals surface area contributed by atoms with Crippen LogP contribution in [0.1, 0.15) is 33.1 Å². The first-order chi connectivity index (χ1) is 7.66. The number of nitrogens with zero attached hydrogens (tertiary/aromatic N) is 1. The SMILES string of the molecule is CC(C)C1NCC(=O)N1C1CC2CCC1O2. The first kappa shape index (κ1) is 10.5. The maximum atomic E-state index is 12.0. The Kier molecular flexibility index (Phi) is 2.44. The van der Waals surface area contributed by atoms with Crippen molar-refractivity contribution in [1.29, 1.82) is 0 Å². The minimum absolute atomic E-state index is 0.209. The van der Waals surface area contributed by atoms with Crippen molar-refractivity contribution < 1.29 is 9.53 Å². The maximum absolute atomic E-state index is 12.0. The summed E-state index contributed by atoms with van der Waals surface area (Å²) in [4.78, 5) is 14.0. The Labute approximate surface area is 96.3 Å². The van der Waals surface area contributed by atoms with Crippen LogP contribution in [0.5, 0.6) is 0 Å². The van der Waals surface area contributed by atoms with E-state index in [1.165, 1.54) is 6.42 Å². The van der Waals surface area contributed by atoms with Gasteiger partial charge in [0.1, 0.15) is 0 Å². The van der Waals surface area contributed by atoms with Crippen LogP contribution in [0.4, 0.5) is 0 Å². The zero-order valence-corrected chi connectivity index (χ0v) is 9.98. The lowest BCUT2D eigenvalue weighted by atomic mass is 9.93. The van der Waals surface area contributed by atoms with Crippen molar-refractivity contribution in [2.45, 2.75) is 57.5 Å². The second kappa shape index (κ2) is 3.70. The zero-order valence-electron chi connectivity index (χ0n) is 9.98. The van der Waals surface area contributed by atoms with Crippen LogP contribution in [0.2, 0.25) is 0 Å².